The van der Waals surface area contributed by atoms with Gasteiger partial charge in [-0.3, -0.25) is 0 Å². The minimum Gasteiger partial charge on any atom is -0.166 e. The second-order valence-electron chi connectivity index (χ2n) is 4.19. The molecule has 2 rings (SSSR count). The lowest BCUT2D eigenvalue weighted by atomic mass is 9.99. The summed E-state index contributed by atoms with van der Waals surface area (Å²) in [6, 6.07) is 8.55. The Kier molecular flexibility index (Phi) is 3.79. The lowest BCUT2D eigenvalue weighted by Gasteiger charge is -2.12. The van der Waals surface area contributed by atoms with E-state index in [0.717, 1.165) is 17.7 Å². The summed E-state index contributed by atoms with van der Waals surface area (Å²) in [6.45, 7) is 1.81. The third kappa shape index (κ3) is 3.23. The first-order valence-corrected chi connectivity index (χ1v) is 6.17. The van der Waals surface area contributed by atoms with Gasteiger partial charge < -0.3 is 0 Å². The molecule has 0 N–H and O–H groups in total. The van der Waals surface area contributed by atoms with Crippen LogP contribution in [0.3, 0.4) is 0 Å². The van der Waals surface area contributed by atoms with Gasteiger partial charge in [0.2, 0.25) is 0 Å². The zero-order valence-corrected chi connectivity index (χ0v) is 11.4. The quantitative estimate of drug-likeness (QED) is 0.607. The van der Waals surface area contributed by atoms with E-state index in [1.165, 1.54) is 6.07 Å². The van der Waals surface area contributed by atoms with Gasteiger partial charge in [-0.25, -0.2) is 0 Å². The molecule has 2 aromatic carbocycles. The van der Waals surface area contributed by atoms with Gasteiger partial charge >= 0.3 is 6.18 Å². The van der Waals surface area contributed by atoms with Crippen molar-refractivity contribution in [3.8, 4) is 11.1 Å². The Bertz CT molecular complexity index is 619. The first-order chi connectivity index (χ1) is 8.77. The average molecular weight is 305 g/mol. The maximum absolute atomic E-state index is 12.8. The van der Waals surface area contributed by atoms with Crippen molar-refractivity contribution in [1.29, 1.82) is 0 Å². The molecule has 0 aliphatic heterocycles. The summed E-state index contributed by atoms with van der Waals surface area (Å²) in [5.74, 6) is 0. The van der Waals surface area contributed by atoms with Crippen LogP contribution in [0.4, 0.5) is 13.2 Å². The molecular weight excluding hydrogens is 296 g/mol. The number of hydrogen-bond donors (Lipinski definition) is 0. The van der Waals surface area contributed by atoms with Crippen LogP contribution in [0.2, 0.25) is 10.0 Å². The Hall–Kier alpha value is -1.19. The van der Waals surface area contributed by atoms with Crippen LogP contribution in [0.1, 0.15) is 11.1 Å². The number of rotatable bonds is 1. The Labute approximate surface area is 118 Å². The van der Waals surface area contributed by atoms with Crippen LogP contribution in [0.15, 0.2) is 36.4 Å². The maximum atomic E-state index is 12.8. The maximum Gasteiger partial charge on any atom is 0.416 e. The van der Waals surface area contributed by atoms with Gasteiger partial charge in [-0.1, -0.05) is 29.3 Å². The highest BCUT2D eigenvalue weighted by Gasteiger charge is 2.31. The molecule has 0 amide bonds. The predicted molar refractivity (Wildman–Crippen MR) is 71.6 cm³/mol. The van der Waals surface area contributed by atoms with Gasteiger partial charge in [-0.05, 0) is 53.9 Å². The zero-order chi connectivity index (χ0) is 14.2. The minimum absolute atomic E-state index is 0.0456. The van der Waals surface area contributed by atoms with Gasteiger partial charge in [-0.15, -0.1) is 0 Å². The molecule has 0 atom stereocenters. The molecule has 0 unspecified atom stereocenters. The number of aryl methyl sites for hydroxylation is 1. The summed E-state index contributed by atoms with van der Waals surface area (Å²) in [5, 5.41) is 0.512. The van der Waals surface area contributed by atoms with Crippen molar-refractivity contribution < 1.29 is 13.2 Å². The number of alkyl halides is 3. The van der Waals surface area contributed by atoms with E-state index in [-0.39, 0.29) is 5.02 Å². The lowest BCUT2D eigenvalue weighted by molar-refractivity contribution is -0.137. The second-order valence-corrected chi connectivity index (χ2v) is 5.06. The Balaban J connectivity index is 2.63. The number of benzene rings is 2. The molecule has 0 aliphatic carbocycles. The third-order valence-electron chi connectivity index (χ3n) is 2.74. The van der Waals surface area contributed by atoms with Crippen molar-refractivity contribution >= 4 is 23.2 Å². The van der Waals surface area contributed by atoms with Crippen molar-refractivity contribution in [3.05, 3.63) is 57.6 Å². The first kappa shape index (κ1) is 14.2. The molecule has 0 nitrogen and oxygen atoms in total. The van der Waals surface area contributed by atoms with Gasteiger partial charge in [0.25, 0.3) is 0 Å². The average Bonchev–Trinajstić information content (AvgIpc) is 2.30. The molecule has 0 aliphatic rings. The molecule has 0 spiro atoms. The molecule has 0 saturated carbocycles. The second kappa shape index (κ2) is 5.06. The third-order valence-corrected chi connectivity index (χ3v) is 3.19. The van der Waals surface area contributed by atoms with Crippen LogP contribution in [-0.2, 0) is 6.18 Å². The van der Waals surface area contributed by atoms with E-state index < -0.39 is 11.7 Å². The molecule has 19 heavy (non-hydrogen) atoms. The molecule has 0 aromatic heterocycles. The van der Waals surface area contributed by atoms with E-state index >= 15 is 0 Å². The summed E-state index contributed by atoms with van der Waals surface area (Å²) < 4.78 is 38.3. The van der Waals surface area contributed by atoms with E-state index in [2.05, 4.69) is 0 Å². The molecular formula is C14H9Cl2F3. The molecule has 0 fully saturated rings. The minimum atomic E-state index is -4.42. The molecule has 0 radical (unpaired) electrons. The Morgan fingerprint density at radius 3 is 2.21 bits per heavy atom. The SMILES string of the molecule is Cc1ccc(Cl)cc1-c1cc(Cl)cc(C(F)(F)F)c1. The van der Waals surface area contributed by atoms with Gasteiger partial charge in [0.15, 0.2) is 0 Å². The monoisotopic (exact) mass is 304 g/mol. The van der Waals surface area contributed by atoms with Crippen molar-refractivity contribution in [3.63, 3.8) is 0 Å². The zero-order valence-electron chi connectivity index (χ0n) is 9.85. The van der Waals surface area contributed by atoms with E-state index in [9.17, 15) is 13.2 Å². The normalized spacial score (nSPS) is 11.7. The fourth-order valence-corrected chi connectivity index (χ4v) is 2.22. The van der Waals surface area contributed by atoms with E-state index in [4.69, 9.17) is 23.2 Å². The first-order valence-electron chi connectivity index (χ1n) is 5.41. The molecule has 0 saturated heterocycles. The Morgan fingerprint density at radius 2 is 1.58 bits per heavy atom. The fraction of sp³-hybridized carbons (Fsp3) is 0.143. The van der Waals surface area contributed by atoms with Crippen LogP contribution < -0.4 is 0 Å². The van der Waals surface area contributed by atoms with Crippen molar-refractivity contribution in [1.82, 2.24) is 0 Å². The predicted octanol–water partition coefficient (Wildman–Crippen LogP) is 5.99. The van der Waals surface area contributed by atoms with Crippen LogP contribution in [0.5, 0.6) is 0 Å². The highest BCUT2D eigenvalue weighted by atomic mass is 35.5. The van der Waals surface area contributed by atoms with Gasteiger partial charge in [0.1, 0.15) is 0 Å². The van der Waals surface area contributed by atoms with Crippen LogP contribution in [-0.4, -0.2) is 0 Å². The number of halogens is 5. The molecule has 2 aromatic rings. The molecule has 100 valence electrons. The van der Waals surface area contributed by atoms with Crippen LogP contribution in [0, 0.1) is 6.92 Å². The standard InChI is InChI=1S/C14H9Cl2F3/c1-8-2-3-11(15)7-13(8)9-4-10(14(17,18)19)6-12(16)5-9/h2-7H,1H3. The summed E-state index contributed by atoms with van der Waals surface area (Å²) in [5.41, 5.74) is 1.11. The summed E-state index contributed by atoms with van der Waals surface area (Å²) >= 11 is 11.6. The topological polar surface area (TPSA) is 0 Å². The summed E-state index contributed by atoms with van der Waals surface area (Å²) in [6.07, 6.45) is -4.42. The molecule has 5 heteroatoms. The highest BCUT2D eigenvalue weighted by Crippen LogP contribution is 2.36. The molecule has 0 heterocycles. The number of hydrogen-bond acceptors (Lipinski definition) is 0. The van der Waals surface area contributed by atoms with E-state index in [0.29, 0.717) is 16.1 Å². The fourth-order valence-electron chi connectivity index (χ4n) is 1.81. The highest BCUT2D eigenvalue weighted by molar-refractivity contribution is 6.31. The Morgan fingerprint density at radius 1 is 0.895 bits per heavy atom. The molecule has 0 bridgehead atoms. The van der Waals surface area contributed by atoms with Crippen molar-refractivity contribution in [2.45, 2.75) is 13.1 Å². The van der Waals surface area contributed by atoms with Crippen molar-refractivity contribution in [2.75, 3.05) is 0 Å². The smallest absolute Gasteiger partial charge is 0.166 e. The van der Waals surface area contributed by atoms with Gasteiger partial charge in [-0.2, -0.15) is 13.2 Å². The van der Waals surface area contributed by atoms with E-state index in [1.807, 2.05) is 0 Å². The van der Waals surface area contributed by atoms with Crippen molar-refractivity contribution in [2.24, 2.45) is 0 Å². The largest absolute Gasteiger partial charge is 0.416 e. The summed E-state index contributed by atoms with van der Waals surface area (Å²) in [7, 11) is 0. The summed E-state index contributed by atoms with van der Waals surface area (Å²) in [4.78, 5) is 0. The van der Waals surface area contributed by atoms with Crippen LogP contribution >= 0.6 is 23.2 Å². The lowest BCUT2D eigenvalue weighted by Crippen LogP contribution is -2.05. The van der Waals surface area contributed by atoms with Crippen LogP contribution in [0.25, 0.3) is 11.1 Å². The van der Waals surface area contributed by atoms with Gasteiger partial charge in [0.05, 0.1) is 5.56 Å². The van der Waals surface area contributed by atoms with E-state index in [1.54, 1.807) is 25.1 Å². The van der Waals surface area contributed by atoms with Gasteiger partial charge in [0, 0.05) is 10.0 Å².